The van der Waals surface area contributed by atoms with Crippen molar-refractivity contribution in [1.82, 2.24) is 15.3 Å². The number of carbonyl (C=O) groups excluding carboxylic acids is 1. The molecule has 2 aliphatic rings. The van der Waals surface area contributed by atoms with Crippen molar-refractivity contribution < 1.29 is 4.79 Å². The standard InChI is InChI=1S/C21H17Cl2N5OS/c22-16-2-1-3-17(23)18(16)28-11-30-19-15(20(28)29)10-25-21(27-19)26-14-5-4-12-6-7-24-9-13(12)8-14/h1-5,8,10,24H,6-7,9,11H2,(H,25,26,27). The molecule has 6 nitrogen and oxygen atoms in total. The SMILES string of the molecule is O=C1c2cnc(Nc3ccc4c(c3)CNCC4)nc2SCN1c1c(Cl)cccc1Cl. The van der Waals surface area contributed by atoms with E-state index in [4.69, 9.17) is 23.2 Å². The zero-order chi connectivity index (χ0) is 20.7. The lowest BCUT2D eigenvalue weighted by Gasteiger charge is -2.28. The summed E-state index contributed by atoms with van der Waals surface area (Å²) in [4.78, 5) is 23.5. The second-order valence-corrected chi connectivity index (χ2v) is 8.77. The van der Waals surface area contributed by atoms with Crippen LogP contribution < -0.4 is 15.5 Å². The van der Waals surface area contributed by atoms with Crippen molar-refractivity contribution in [3.05, 3.63) is 69.3 Å². The second kappa shape index (κ2) is 8.07. The Morgan fingerprint density at radius 3 is 2.80 bits per heavy atom. The van der Waals surface area contributed by atoms with Crippen LogP contribution in [0.15, 0.2) is 47.6 Å². The topological polar surface area (TPSA) is 70.1 Å². The Labute approximate surface area is 188 Å². The van der Waals surface area contributed by atoms with Gasteiger partial charge in [-0.2, -0.15) is 0 Å². The number of anilines is 3. The van der Waals surface area contributed by atoms with Gasteiger partial charge < -0.3 is 10.6 Å². The zero-order valence-corrected chi connectivity index (χ0v) is 18.1. The van der Waals surface area contributed by atoms with Gasteiger partial charge in [-0.05, 0) is 48.4 Å². The summed E-state index contributed by atoms with van der Waals surface area (Å²) in [7, 11) is 0. The number of nitrogens with zero attached hydrogens (tertiary/aromatic N) is 3. The molecule has 5 rings (SSSR count). The average Bonchev–Trinajstić information content (AvgIpc) is 2.75. The number of para-hydroxylation sites is 1. The summed E-state index contributed by atoms with van der Waals surface area (Å²) >= 11 is 14.0. The van der Waals surface area contributed by atoms with Gasteiger partial charge in [-0.15, -0.1) is 0 Å². The third-order valence-corrected chi connectivity index (χ3v) is 6.70. The summed E-state index contributed by atoms with van der Waals surface area (Å²) in [5.41, 5.74) is 4.51. The predicted molar refractivity (Wildman–Crippen MR) is 121 cm³/mol. The highest BCUT2D eigenvalue weighted by molar-refractivity contribution is 7.99. The molecule has 0 radical (unpaired) electrons. The number of aromatic nitrogens is 2. The Bertz CT molecular complexity index is 1140. The number of carbonyl (C=O) groups is 1. The third kappa shape index (κ3) is 3.63. The Hall–Kier alpha value is -2.32. The van der Waals surface area contributed by atoms with Gasteiger partial charge in [0.05, 0.1) is 27.2 Å². The van der Waals surface area contributed by atoms with Gasteiger partial charge in [0.25, 0.3) is 5.91 Å². The summed E-state index contributed by atoms with van der Waals surface area (Å²) in [6.45, 7) is 1.87. The molecule has 0 fully saturated rings. The molecule has 0 atom stereocenters. The van der Waals surface area contributed by atoms with Gasteiger partial charge in [-0.1, -0.05) is 47.1 Å². The molecule has 3 aromatic rings. The van der Waals surface area contributed by atoms with E-state index in [0.29, 0.717) is 38.1 Å². The average molecular weight is 458 g/mol. The highest BCUT2D eigenvalue weighted by atomic mass is 35.5. The molecule has 1 amide bonds. The van der Waals surface area contributed by atoms with Crippen LogP contribution in [-0.4, -0.2) is 28.3 Å². The zero-order valence-electron chi connectivity index (χ0n) is 15.8. The number of hydrogen-bond acceptors (Lipinski definition) is 6. The van der Waals surface area contributed by atoms with Crippen molar-refractivity contribution in [2.24, 2.45) is 0 Å². The third-order valence-electron chi connectivity index (χ3n) is 5.12. The van der Waals surface area contributed by atoms with Crippen LogP contribution in [0, 0.1) is 0 Å². The van der Waals surface area contributed by atoms with Gasteiger partial charge in [0.2, 0.25) is 5.95 Å². The van der Waals surface area contributed by atoms with Crippen LogP contribution in [-0.2, 0) is 13.0 Å². The van der Waals surface area contributed by atoms with E-state index in [1.54, 1.807) is 29.3 Å². The van der Waals surface area contributed by atoms with Crippen LogP contribution in [0.25, 0.3) is 0 Å². The van der Waals surface area contributed by atoms with E-state index in [0.717, 1.165) is 25.2 Å². The fraction of sp³-hybridized carbons (Fsp3) is 0.190. The van der Waals surface area contributed by atoms with Gasteiger partial charge in [0.1, 0.15) is 5.03 Å². The van der Waals surface area contributed by atoms with E-state index in [-0.39, 0.29) is 5.91 Å². The molecule has 0 aliphatic carbocycles. The molecule has 0 saturated carbocycles. The maximum atomic E-state index is 13.0. The Kier molecular flexibility index (Phi) is 5.28. The lowest BCUT2D eigenvalue weighted by Crippen LogP contribution is -2.35. The number of thioether (sulfide) groups is 1. The van der Waals surface area contributed by atoms with Crippen LogP contribution in [0.3, 0.4) is 0 Å². The Morgan fingerprint density at radius 1 is 1.13 bits per heavy atom. The molecule has 0 saturated heterocycles. The predicted octanol–water partition coefficient (Wildman–Crippen LogP) is 4.88. The second-order valence-electron chi connectivity index (χ2n) is 7.02. The Balaban J connectivity index is 1.40. The minimum absolute atomic E-state index is 0.217. The molecule has 2 aliphatic heterocycles. The van der Waals surface area contributed by atoms with Crippen LogP contribution in [0.2, 0.25) is 10.0 Å². The fourth-order valence-corrected chi connectivity index (χ4v) is 5.16. The molecular weight excluding hydrogens is 441 g/mol. The molecule has 2 N–H and O–H groups in total. The molecule has 3 heterocycles. The molecule has 9 heteroatoms. The lowest BCUT2D eigenvalue weighted by molar-refractivity contribution is 0.0985. The van der Waals surface area contributed by atoms with Crippen molar-refractivity contribution in [2.45, 2.75) is 18.0 Å². The summed E-state index contributed by atoms with van der Waals surface area (Å²) in [5.74, 6) is 0.614. The van der Waals surface area contributed by atoms with E-state index in [1.807, 2.05) is 6.07 Å². The first kappa shape index (κ1) is 19.6. The van der Waals surface area contributed by atoms with Crippen molar-refractivity contribution in [3.8, 4) is 0 Å². The molecule has 30 heavy (non-hydrogen) atoms. The number of hydrogen-bond donors (Lipinski definition) is 2. The molecule has 0 bridgehead atoms. The van der Waals surface area contributed by atoms with Gasteiger partial charge in [0.15, 0.2) is 0 Å². The highest BCUT2D eigenvalue weighted by Crippen LogP contribution is 2.39. The molecule has 152 valence electrons. The number of fused-ring (bicyclic) bond motifs is 2. The van der Waals surface area contributed by atoms with Gasteiger partial charge in [-0.3, -0.25) is 9.69 Å². The molecule has 2 aromatic carbocycles. The van der Waals surface area contributed by atoms with Crippen molar-refractivity contribution in [2.75, 3.05) is 22.6 Å². The monoisotopic (exact) mass is 457 g/mol. The smallest absolute Gasteiger partial charge is 0.263 e. The number of rotatable bonds is 3. The first-order chi connectivity index (χ1) is 14.6. The summed E-state index contributed by atoms with van der Waals surface area (Å²) < 4.78 is 0. The van der Waals surface area contributed by atoms with E-state index < -0.39 is 0 Å². The number of nitrogens with one attached hydrogen (secondary N) is 2. The summed E-state index contributed by atoms with van der Waals surface area (Å²) in [6.07, 6.45) is 2.59. The lowest BCUT2D eigenvalue weighted by atomic mass is 10.0. The molecule has 0 spiro atoms. The fourth-order valence-electron chi connectivity index (χ4n) is 3.61. The van der Waals surface area contributed by atoms with Crippen LogP contribution in [0.5, 0.6) is 0 Å². The van der Waals surface area contributed by atoms with Crippen LogP contribution in [0.1, 0.15) is 21.5 Å². The number of halogens is 2. The molecule has 0 unspecified atom stereocenters. The maximum Gasteiger partial charge on any atom is 0.263 e. The van der Waals surface area contributed by atoms with Crippen LogP contribution in [0.4, 0.5) is 17.3 Å². The number of amides is 1. The minimum atomic E-state index is -0.217. The van der Waals surface area contributed by atoms with Crippen LogP contribution >= 0.6 is 35.0 Å². The summed E-state index contributed by atoms with van der Waals surface area (Å²) in [5, 5.41) is 8.13. The largest absolute Gasteiger partial charge is 0.324 e. The first-order valence-corrected chi connectivity index (χ1v) is 11.2. The van der Waals surface area contributed by atoms with Gasteiger partial charge in [-0.25, -0.2) is 9.97 Å². The summed E-state index contributed by atoms with van der Waals surface area (Å²) in [6, 6.07) is 11.5. The van der Waals surface area contributed by atoms with Crippen molar-refractivity contribution in [3.63, 3.8) is 0 Å². The van der Waals surface area contributed by atoms with E-state index in [1.165, 1.54) is 22.9 Å². The van der Waals surface area contributed by atoms with Crippen molar-refractivity contribution in [1.29, 1.82) is 0 Å². The van der Waals surface area contributed by atoms with Crippen molar-refractivity contribution >= 4 is 58.2 Å². The highest BCUT2D eigenvalue weighted by Gasteiger charge is 2.30. The Morgan fingerprint density at radius 2 is 1.97 bits per heavy atom. The normalized spacial score (nSPS) is 15.5. The molecular formula is C21H17Cl2N5OS. The number of benzene rings is 2. The minimum Gasteiger partial charge on any atom is -0.324 e. The van der Waals surface area contributed by atoms with Gasteiger partial charge >= 0.3 is 0 Å². The van der Waals surface area contributed by atoms with E-state index in [2.05, 4.69) is 32.7 Å². The maximum absolute atomic E-state index is 13.0. The first-order valence-electron chi connectivity index (χ1n) is 9.45. The quantitative estimate of drug-likeness (QED) is 0.545. The van der Waals surface area contributed by atoms with E-state index in [9.17, 15) is 4.79 Å². The molecule has 1 aromatic heterocycles. The van der Waals surface area contributed by atoms with E-state index >= 15 is 0 Å². The van der Waals surface area contributed by atoms with Gasteiger partial charge in [0, 0.05) is 18.4 Å².